The van der Waals surface area contributed by atoms with Crippen LogP contribution >= 0.6 is 0 Å². The Bertz CT molecular complexity index is 1330. The van der Waals surface area contributed by atoms with E-state index in [0.29, 0.717) is 10.6 Å². The number of carbonyl (C=O) groups excluding carboxylic acids is 5. The second-order valence-corrected chi connectivity index (χ2v) is 8.17. The third-order valence-corrected chi connectivity index (χ3v) is 5.36. The summed E-state index contributed by atoms with van der Waals surface area (Å²) in [4.78, 5) is 78.7. The number of hydroxylamine groups is 2. The van der Waals surface area contributed by atoms with Crippen molar-refractivity contribution in [1.82, 2.24) is 15.7 Å². The van der Waals surface area contributed by atoms with Gasteiger partial charge in [0.05, 0.1) is 11.3 Å². The van der Waals surface area contributed by atoms with E-state index in [4.69, 9.17) is 10.4 Å². The fourth-order valence-electron chi connectivity index (χ4n) is 3.48. The van der Waals surface area contributed by atoms with Gasteiger partial charge in [-0.25, -0.2) is 4.79 Å². The van der Waals surface area contributed by atoms with Gasteiger partial charge in [-0.15, -0.1) is 5.06 Å². The molecule has 1 saturated heterocycles. The van der Waals surface area contributed by atoms with Crippen LogP contribution in [0.5, 0.6) is 5.75 Å². The van der Waals surface area contributed by atoms with Gasteiger partial charge in [0.15, 0.2) is 0 Å². The third-order valence-electron chi connectivity index (χ3n) is 5.36. The summed E-state index contributed by atoms with van der Waals surface area (Å²) in [5.41, 5.74) is 8.23. The number of nitro groups is 1. The largest absolute Gasteiger partial charge is 0.508 e. The van der Waals surface area contributed by atoms with Crippen molar-refractivity contribution in [2.24, 2.45) is 5.11 Å². The van der Waals surface area contributed by atoms with Crippen molar-refractivity contribution >= 4 is 41.0 Å². The number of nitrogens with zero attached hydrogens (tertiary/aromatic N) is 5. The van der Waals surface area contributed by atoms with Crippen molar-refractivity contribution in [2.45, 2.75) is 31.7 Å². The van der Waals surface area contributed by atoms with Gasteiger partial charge in [0.25, 0.3) is 23.4 Å². The van der Waals surface area contributed by atoms with Gasteiger partial charge in [0.2, 0.25) is 5.91 Å². The number of non-ortho nitro benzene ring substituents is 1. The molecular formula is C23H21N7O9. The summed E-state index contributed by atoms with van der Waals surface area (Å²) in [6, 6.07) is 7.53. The molecule has 3 N–H and O–H groups in total. The summed E-state index contributed by atoms with van der Waals surface area (Å²) in [6.45, 7) is -0.270. The molecule has 0 aliphatic carbocycles. The molecule has 1 aliphatic heterocycles. The fourth-order valence-corrected chi connectivity index (χ4v) is 3.48. The molecule has 1 aliphatic rings. The number of hydrogen-bond acceptors (Lipinski definition) is 10. The van der Waals surface area contributed by atoms with Gasteiger partial charge in [0.1, 0.15) is 11.8 Å². The minimum absolute atomic E-state index is 0.0283. The second kappa shape index (κ2) is 12.6. The van der Waals surface area contributed by atoms with Crippen molar-refractivity contribution in [3.05, 3.63) is 74.1 Å². The third kappa shape index (κ3) is 7.74. The van der Waals surface area contributed by atoms with E-state index in [9.17, 15) is 39.2 Å². The zero-order valence-electron chi connectivity index (χ0n) is 20.1. The second-order valence-electron chi connectivity index (χ2n) is 8.17. The number of phenols is 1. The lowest BCUT2D eigenvalue weighted by atomic mass is 10.0. The molecule has 202 valence electrons. The van der Waals surface area contributed by atoms with E-state index < -0.39 is 52.7 Å². The van der Waals surface area contributed by atoms with E-state index >= 15 is 0 Å². The SMILES string of the molecule is [N-]=[N+]=Nc1cc(C(=O)N[C@@H](Cc2ccc(O)cc2)C(=O)NCCC(=O)ON2C(=O)CCC2=O)cc([N+](=O)[O-])c1. The molecule has 0 radical (unpaired) electrons. The maximum absolute atomic E-state index is 12.9. The Kier molecular flexibility index (Phi) is 9.10. The van der Waals surface area contributed by atoms with E-state index in [-0.39, 0.29) is 42.8 Å². The summed E-state index contributed by atoms with van der Waals surface area (Å²) >= 11 is 0. The number of imide groups is 1. The van der Waals surface area contributed by atoms with Gasteiger partial charge in [-0.1, -0.05) is 17.2 Å². The molecule has 1 atom stereocenters. The summed E-state index contributed by atoms with van der Waals surface area (Å²) in [7, 11) is 0. The highest BCUT2D eigenvalue weighted by Gasteiger charge is 2.32. The number of rotatable bonds is 11. The predicted octanol–water partition coefficient (Wildman–Crippen LogP) is 1.70. The lowest BCUT2D eigenvalue weighted by Gasteiger charge is -2.19. The normalized spacial score (nSPS) is 13.3. The van der Waals surface area contributed by atoms with Crippen molar-refractivity contribution in [2.75, 3.05) is 6.54 Å². The predicted molar refractivity (Wildman–Crippen MR) is 130 cm³/mol. The molecule has 1 heterocycles. The number of aromatic hydroxyl groups is 1. The molecular weight excluding hydrogens is 518 g/mol. The Balaban J connectivity index is 1.71. The number of phenolic OH excluding ortho intramolecular Hbond substituents is 1. The standard InChI is InChI=1S/C23H21N7O9/c24-28-27-15-10-14(11-16(12-15)30(37)38)22(35)26-18(9-13-1-3-17(31)4-2-13)23(36)25-8-7-21(34)39-29-19(32)5-6-20(29)33/h1-4,10-12,18,31H,5-9H2,(H,25,36)(H,26,35)/t18-/m0/s1. The molecule has 0 saturated carbocycles. The smallest absolute Gasteiger partial charge is 0.334 e. The number of benzene rings is 2. The summed E-state index contributed by atoms with van der Waals surface area (Å²) in [6.07, 6.45) is -0.618. The zero-order chi connectivity index (χ0) is 28.5. The molecule has 3 rings (SSSR count). The Morgan fingerprint density at radius 2 is 1.82 bits per heavy atom. The number of amides is 4. The molecule has 0 unspecified atom stereocenters. The molecule has 0 bridgehead atoms. The first kappa shape index (κ1) is 28.1. The topological polar surface area (TPSA) is 234 Å². The average Bonchev–Trinajstić information content (AvgIpc) is 3.21. The van der Waals surface area contributed by atoms with Crippen LogP contribution in [-0.4, -0.2) is 57.3 Å². The van der Waals surface area contributed by atoms with Gasteiger partial charge in [-0.3, -0.25) is 29.3 Å². The molecule has 4 amide bonds. The average molecular weight is 539 g/mol. The summed E-state index contributed by atoms with van der Waals surface area (Å²) < 4.78 is 0. The van der Waals surface area contributed by atoms with Crippen LogP contribution in [0.4, 0.5) is 11.4 Å². The quantitative estimate of drug-likeness (QED) is 0.0939. The van der Waals surface area contributed by atoms with Gasteiger partial charge in [-0.05, 0) is 29.3 Å². The van der Waals surface area contributed by atoms with E-state index in [2.05, 4.69) is 20.7 Å². The highest BCUT2D eigenvalue weighted by Crippen LogP contribution is 2.23. The first-order valence-electron chi connectivity index (χ1n) is 11.3. The minimum Gasteiger partial charge on any atom is -0.508 e. The lowest BCUT2D eigenvalue weighted by molar-refractivity contribution is -0.384. The maximum Gasteiger partial charge on any atom is 0.334 e. The van der Waals surface area contributed by atoms with Crippen molar-refractivity contribution in [3.63, 3.8) is 0 Å². The van der Waals surface area contributed by atoms with E-state index in [1.54, 1.807) is 0 Å². The number of nitro benzene ring substituents is 1. The highest BCUT2D eigenvalue weighted by atomic mass is 16.7. The van der Waals surface area contributed by atoms with Crippen molar-refractivity contribution in [3.8, 4) is 5.75 Å². The number of azide groups is 1. The van der Waals surface area contributed by atoms with Crippen LogP contribution in [0.3, 0.4) is 0 Å². The zero-order valence-corrected chi connectivity index (χ0v) is 20.1. The van der Waals surface area contributed by atoms with Crippen LogP contribution in [0, 0.1) is 10.1 Å². The van der Waals surface area contributed by atoms with Gasteiger partial charge in [-0.2, -0.15) is 0 Å². The molecule has 0 aromatic heterocycles. The lowest BCUT2D eigenvalue weighted by Crippen LogP contribution is -2.48. The van der Waals surface area contributed by atoms with E-state index in [1.807, 2.05) is 0 Å². The van der Waals surface area contributed by atoms with E-state index in [1.165, 1.54) is 24.3 Å². The Morgan fingerprint density at radius 1 is 1.15 bits per heavy atom. The van der Waals surface area contributed by atoms with Crippen molar-refractivity contribution < 1.29 is 38.8 Å². The maximum atomic E-state index is 12.9. The first-order valence-corrected chi connectivity index (χ1v) is 11.3. The summed E-state index contributed by atoms with van der Waals surface area (Å²) in [5.74, 6) is -3.91. The van der Waals surface area contributed by atoms with Crippen molar-refractivity contribution in [1.29, 1.82) is 0 Å². The van der Waals surface area contributed by atoms with Crippen LogP contribution in [0.25, 0.3) is 10.4 Å². The molecule has 39 heavy (non-hydrogen) atoms. The van der Waals surface area contributed by atoms with Gasteiger partial charge >= 0.3 is 5.97 Å². The summed E-state index contributed by atoms with van der Waals surface area (Å²) in [5, 5.41) is 29.3. The van der Waals surface area contributed by atoms with Gasteiger partial charge in [0, 0.05) is 54.1 Å². The number of hydrogen-bond donors (Lipinski definition) is 3. The van der Waals surface area contributed by atoms with Gasteiger partial charge < -0.3 is 20.6 Å². The first-order chi connectivity index (χ1) is 18.6. The van der Waals surface area contributed by atoms with Crippen LogP contribution < -0.4 is 10.6 Å². The molecule has 16 heteroatoms. The fraction of sp³-hybridized carbons (Fsp3) is 0.261. The Hall–Kier alpha value is -5.50. The Morgan fingerprint density at radius 3 is 2.44 bits per heavy atom. The van der Waals surface area contributed by atoms with Crippen LogP contribution in [0.2, 0.25) is 0 Å². The van der Waals surface area contributed by atoms with Crippen LogP contribution in [0.1, 0.15) is 35.2 Å². The highest BCUT2D eigenvalue weighted by molar-refractivity contribution is 6.01. The number of carbonyl (C=O) groups is 5. The monoisotopic (exact) mass is 539 g/mol. The van der Waals surface area contributed by atoms with E-state index in [0.717, 1.165) is 18.2 Å². The molecule has 0 spiro atoms. The van der Waals surface area contributed by atoms with Crippen LogP contribution in [0.15, 0.2) is 47.6 Å². The minimum atomic E-state index is -1.25. The molecule has 1 fully saturated rings. The molecule has 2 aromatic carbocycles. The molecule has 2 aromatic rings. The van der Waals surface area contributed by atoms with Crippen LogP contribution in [-0.2, 0) is 30.4 Å². The number of nitrogens with one attached hydrogen (secondary N) is 2. The molecule has 16 nitrogen and oxygen atoms in total. The Labute approximate surface area is 219 Å².